The Morgan fingerprint density at radius 1 is 1.53 bits per heavy atom. The van der Waals surface area contributed by atoms with Gasteiger partial charge in [-0.2, -0.15) is 0 Å². The molecule has 0 saturated heterocycles. The van der Waals surface area contributed by atoms with Crippen LogP contribution in [0.25, 0.3) is 0 Å². The van der Waals surface area contributed by atoms with E-state index in [-0.39, 0.29) is 12.3 Å². The van der Waals surface area contributed by atoms with Crippen LogP contribution in [0.1, 0.15) is 11.4 Å². The van der Waals surface area contributed by atoms with Gasteiger partial charge in [0.1, 0.15) is 0 Å². The van der Waals surface area contributed by atoms with Crippen molar-refractivity contribution in [2.24, 2.45) is 7.05 Å². The molecule has 1 N–H and O–H groups in total. The molecule has 8 heteroatoms. The third-order valence-corrected chi connectivity index (χ3v) is 3.62. The van der Waals surface area contributed by atoms with Gasteiger partial charge in [0.15, 0.2) is 10.2 Å². The highest BCUT2D eigenvalue weighted by atomic mass is 32.2. The van der Waals surface area contributed by atoms with E-state index in [1.54, 1.807) is 24.6 Å². The summed E-state index contributed by atoms with van der Waals surface area (Å²) in [6.45, 7) is 1.64. The number of nitrogens with zero attached hydrogens (tertiary/aromatic N) is 4. The topological polar surface area (TPSA) is 94.1 Å². The average Bonchev–Trinajstić information content (AvgIpc) is 2.70. The van der Waals surface area contributed by atoms with Crippen molar-refractivity contribution in [3.05, 3.63) is 39.8 Å². The Morgan fingerprint density at radius 2 is 2.26 bits per heavy atom. The molecule has 0 aromatic carbocycles. The van der Waals surface area contributed by atoms with Gasteiger partial charge in [-0.15, -0.1) is 0 Å². The molecule has 0 aliphatic carbocycles. The molecule has 100 valence electrons. The second-order valence-corrected chi connectivity index (χ2v) is 4.84. The first-order chi connectivity index (χ1) is 9.02. The number of pyridine rings is 1. The van der Waals surface area contributed by atoms with Crippen LogP contribution in [-0.2, 0) is 13.7 Å². The van der Waals surface area contributed by atoms with Gasteiger partial charge < -0.3 is 9.67 Å². The number of hydrogen-bond acceptors (Lipinski definition) is 6. The van der Waals surface area contributed by atoms with Crippen molar-refractivity contribution in [1.29, 1.82) is 0 Å². The molecule has 0 unspecified atom stereocenters. The van der Waals surface area contributed by atoms with Gasteiger partial charge in [-0.3, -0.25) is 10.1 Å². The molecular formula is C11H12N4O3S. The van der Waals surface area contributed by atoms with Crippen LogP contribution in [0.3, 0.4) is 0 Å². The zero-order valence-corrected chi connectivity index (χ0v) is 11.2. The Labute approximate surface area is 113 Å². The van der Waals surface area contributed by atoms with E-state index in [0.717, 1.165) is 11.8 Å². The molecule has 2 aromatic rings. The van der Waals surface area contributed by atoms with Gasteiger partial charge in [0, 0.05) is 18.8 Å². The summed E-state index contributed by atoms with van der Waals surface area (Å²) in [6, 6.07) is 3.03. The van der Waals surface area contributed by atoms with E-state index in [2.05, 4.69) is 9.97 Å². The molecule has 0 saturated carbocycles. The largest absolute Gasteiger partial charge is 0.390 e. The second-order valence-electron chi connectivity index (χ2n) is 3.89. The van der Waals surface area contributed by atoms with Crippen LogP contribution in [0.5, 0.6) is 0 Å². The van der Waals surface area contributed by atoms with Crippen molar-refractivity contribution in [2.75, 3.05) is 0 Å². The average molecular weight is 280 g/mol. The molecule has 0 bridgehead atoms. The number of imidazole rings is 1. The number of aliphatic hydroxyl groups excluding tert-OH is 1. The highest BCUT2D eigenvalue weighted by Gasteiger charge is 2.19. The number of rotatable bonds is 4. The zero-order chi connectivity index (χ0) is 14.0. The fourth-order valence-electron chi connectivity index (χ4n) is 1.49. The molecule has 0 aliphatic rings. The summed E-state index contributed by atoms with van der Waals surface area (Å²) in [5.74, 6) is 0. The summed E-state index contributed by atoms with van der Waals surface area (Å²) < 4.78 is 1.68. The fourth-order valence-corrected chi connectivity index (χ4v) is 2.46. The van der Waals surface area contributed by atoms with E-state index in [1.807, 2.05) is 0 Å². The Bertz CT molecular complexity index is 626. The highest BCUT2D eigenvalue weighted by molar-refractivity contribution is 7.99. The number of hydrogen-bond donors (Lipinski definition) is 1. The maximum absolute atomic E-state index is 11.0. The van der Waals surface area contributed by atoms with Crippen LogP contribution < -0.4 is 0 Å². The van der Waals surface area contributed by atoms with Gasteiger partial charge in [0.2, 0.25) is 0 Å². The van der Waals surface area contributed by atoms with Crippen molar-refractivity contribution in [1.82, 2.24) is 14.5 Å². The van der Waals surface area contributed by atoms with Crippen LogP contribution >= 0.6 is 11.8 Å². The van der Waals surface area contributed by atoms with Crippen molar-refractivity contribution in [3.8, 4) is 0 Å². The number of aliphatic hydroxyl groups is 1. The predicted molar refractivity (Wildman–Crippen MR) is 68.9 cm³/mol. The molecule has 0 atom stereocenters. The fraction of sp³-hybridized carbons (Fsp3) is 0.273. The molecule has 2 heterocycles. The number of nitro groups is 1. The summed E-state index contributed by atoms with van der Waals surface area (Å²) in [5, 5.41) is 20.9. The molecule has 7 nitrogen and oxygen atoms in total. The van der Waals surface area contributed by atoms with E-state index in [9.17, 15) is 10.1 Å². The third kappa shape index (κ3) is 2.74. The Morgan fingerprint density at radius 3 is 2.84 bits per heavy atom. The van der Waals surface area contributed by atoms with Crippen LogP contribution in [0.15, 0.2) is 28.5 Å². The highest BCUT2D eigenvalue weighted by Crippen LogP contribution is 2.32. The van der Waals surface area contributed by atoms with E-state index in [1.165, 1.54) is 12.3 Å². The lowest BCUT2D eigenvalue weighted by molar-refractivity contribution is -0.388. The summed E-state index contributed by atoms with van der Waals surface area (Å²) in [5.41, 5.74) is 1.28. The lowest BCUT2D eigenvalue weighted by Crippen LogP contribution is -1.99. The van der Waals surface area contributed by atoms with Gasteiger partial charge in [0.25, 0.3) is 0 Å². The minimum Gasteiger partial charge on any atom is -0.390 e. The second kappa shape index (κ2) is 5.37. The van der Waals surface area contributed by atoms with Crippen molar-refractivity contribution in [3.63, 3.8) is 0 Å². The molecule has 0 amide bonds. The van der Waals surface area contributed by atoms with Crippen LogP contribution in [-0.4, -0.2) is 24.6 Å². The summed E-state index contributed by atoms with van der Waals surface area (Å²) >= 11 is 1.11. The maximum Gasteiger partial charge on any atom is 0.301 e. The number of aromatic nitrogens is 3. The third-order valence-electron chi connectivity index (χ3n) is 2.57. The van der Waals surface area contributed by atoms with Gasteiger partial charge in [-0.25, -0.2) is 9.97 Å². The SMILES string of the molecule is Cc1ccc([N+](=O)[O-])c(Sc2ncc(CO)n2C)n1. The van der Waals surface area contributed by atoms with Gasteiger partial charge in [-0.05, 0) is 24.8 Å². The molecule has 2 rings (SSSR count). The summed E-state index contributed by atoms with van der Waals surface area (Å²) in [4.78, 5) is 18.8. The first kappa shape index (κ1) is 13.5. The van der Waals surface area contributed by atoms with Crippen LogP contribution in [0.4, 0.5) is 5.69 Å². The minimum atomic E-state index is -0.468. The van der Waals surface area contributed by atoms with Gasteiger partial charge in [-0.1, -0.05) is 0 Å². The Balaban J connectivity index is 2.39. The van der Waals surface area contributed by atoms with Gasteiger partial charge in [0.05, 0.1) is 23.4 Å². The first-order valence-corrected chi connectivity index (χ1v) is 6.26. The molecular weight excluding hydrogens is 268 g/mol. The quantitative estimate of drug-likeness (QED) is 0.676. The van der Waals surface area contributed by atoms with E-state index < -0.39 is 4.92 Å². The van der Waals surface area contributed by atoms with Crippen molar-refractivity contribution >= 4 is 17.4 Å². The molecule has 2 aromatic heterocycles. The minimum absolute atomic E-state index is 0.0517. The smallest absolute Gasteiger partial charge is 0.301 e. The summed E-state index contributed by atoms with van der Waals surface area (Å²) in [6.07, 6.45) is 1.53. The predicted octanol–water partition coefficient (Wildman–Crippen LogP) is 1.68. The molecule has 0 spiro atoms. The molecule has 0 aliphatic heterocycles. The summed E-state index contributed by atoms with van der Waals surface area (Å²) in [7, 11) is 1.74. The van der Waals surface area contributed by atoms with Crippen LogP contribution in [0, 0.1) is 17.0 Å². The Hall–Kier alpha value is -1.93. The van der Waals surface area contributed by atoms with Crippen LogP contribution in [0.2, 0.25) is 0 Å². The van der Waals surface area contributed by atoms with E-state index in [0.29, 0.717) is 21.6 Å². The zero-order valence-electron chi connectivity index (χ0n) is 10.4. The molecule has 19 heavy (non-hydrogen) atoms. The molecule has 0 radical (unpaired) electrons. The molecule has 0 fully saturated rings. The lowest BCUT2D eigenvalue weighted by atomic mass is 10.3. The van der Waals surface area contributed by atoms with Crippen molar-refractivity contribution < 1.29 is 10.0 Å². The van der Waals surface area contributed by atoms with Crippen molar-refractivity contribution in [2.45, 2.75) is 23.7 Å². The maximum atomic E-state index is 11.0. The normalized spacial score (nSPS) is 10.7. The standard InChI is InChI=1S/C11H12N4O3S/c1-7-3-4-9(15(17)18)10(13-7)19-11-12-5-8(6-16)14(11)2/h3-5,16H,6H2,1-2H3. The first-order valence-electron chi connectivity index (χ1n) is 5.44. The van der Waals surface area contributed by atoms with E-state index >= 15 is 0 Å². The van der Waals surface area contributed by atoms with E-state index in [4.69, 9.17) is 5.11 Å². The van der Waals surface area contributed by atoms with Gasteiger partial charge >= 0.3 is 5.69 Å². The number of aryl methyl sites for hydroxylation is 1. The monoisotopic (exact) mass is 280 g/mol. The Kier molecular flexibility index (Phi) is 3.82. The lowest BCUT2D eigenvalue weighted by Gasteiger charge is -2.04.